The van der Waals surface area contributed by atoms with E-state index in [0.29, 0.717) is 17.4 Å². The number of sulfonamides is 1. The molecule has 24 heavy (non-hydrogen) atoms. The second-order valence-corrected chi connectivity index (χ2v) is 8.73. The topological polar surface area (TPSA) is 49.4 Å². The Labute approximate surface area is 153 Å². The van der Waals surface area contributed by atoms with Crippen molar-refractivity contribution in [1.29, 1.82) is 0 Å². The van der Waals surface area contributed by atoms with Crippen molar-refractivity contribution in [3.8, 4) is 0 Å². The van der Waals surface area contributed by atoms with Crippen LogP contribution < -0.4 is 5.32 Å². The monoisotopic (exact) mass is 374 g/mol. The number of nitrogens with zero attached hydrogens (tertiary/aromatic N) is 1. The third-order valence-electron chi connectivity index (χ3n) is 4.33. The van der Waals surface area contributed by atoms with Crippen LogP contribution in [0.4, 0.5) is 0 Å². The molecule has 0 aromatic heterocycles. The summed E-state index contributed by atoms with van der Waals surface area (Å²) in [4.78, 5) is 0.428. The SMILES string of the molecule is CCCN(C1CCNCC1)S(=O)(=O)c1ccc(CC(C)C)cc1.Cl. The van der Waals surface area contributed by atoms with E-state index < -0.39 is 10.0 Å². The van der Waals surface area contributed by atoms with E-state index in [2.05, 4.69) is 19.2 Å². The highest BCUT2D eigenvalue weighted by atomic mass is 35.5. The van der Waals surface area contributed by atoms with Crippen LogP contribution in [0.25, 0.3) is 0 Å². The van der Waals surface area contributed by atoms with Gasteiger partial charge in [-0.25, -0.2) is 8.42 Å². The number of benzene rings is 1. The molecule has 0 amide bonds. The van der Waals surface area contributed by atoms with Crippen molar-refractivity contribution in [2.45, 2.75) is 57.4 Å². The summed E-state index contributed by atoms with van der Waals surface area (Å²) in [5.74, 6) is 0.573. The third kappa shape index (κ3) is 5.45. The van der Waals surface area contributed by atoms with Crippen LogP contribution in [-0.4, -0.2) is 38.4 Å². The van der Waals surface area contributed by atoms with E-state index in [0.717, 1.165) is 38.8 Å². The van der Waals surface area contributed by atoms with Crippen molar-refractivity contribution in [2.75, 3.05) is 19.6 Å². The molecule has 1 N–H and O–H groups in total. The average Bonchev–Trinajstić information content (AvgIpc) is 2.53. The van der Waals surface area contributed by atoms with Gasteiger partial charge in [-0.3, -0.25) is 0 Å². The molecule has 0 radical (unpaired) electrons. The summed E-state index contributed by atoms with van der Waals surface area (Å²) in [6.07, 6.45) is 3.61. The molecule has 1 aliphatic heterocycles. The molecule has 0 bridgehead atoms. The summed E-state index contributed by atoms with van der Waals surface area (Å²) in [6, 6.07) is 7.59. The fourth-order valence-electron chi connectivity index (χ4n) is 3.22. The summed E-state index contributed by atoms with van der Waals surface area (Å²) >= 11 is 0. The van der Waals surface area contributed by atoms with Crippen molar-refractivity contribution in [2.24, 2.45) is 5.92 Å². The van der Waals surface area contributed by atoms with Crippen LogP contribution in [0.2, 0.25) is 0 Å². The molecule has 1 saturated heterocycles. The van der Waals surface area contributed by atoms with Crippen molar-refractivity contribution >= 4 is 22.4 Å². The molecule has 0 atom stereocenters. The average molecular weight is 375 g/mol. The lowest BCUT2D eigenvalue weighted by atomic mass is 10.0. The Kier molecular flexibility index (Phi) is 8.71. The molecule has 1 aromatic rings. The van der Waals surface area contributed by atoms with E-state index in [4.69, 9.17) is 0 Å². The molecule has 0 unspecified atom stereocenters. The van der Waals surface area contributed by atoms with Crippen molar-refractivity contribution in [3.63, 3.8) is 0 Å². The van der Waals surface area contributed by atoms with E-state index in [-0.39, 0.29) is 18.4 Å². The molecule has 6 heteroatoms. The number of hydrogen-bond donors (Lipinski definition) is 1. The Balaban J connectivity index is 0.00000288. The van der Waals surface area contributed by atoms with E-state index in [1.54, 1.807) is 16.4 Å². The summed E-state index contributed by atoms with van der Waals surface area (Å²) in [6.45, 7) is 8.77. The van der Waals surface area contributed by atoms with Gasteiger partial charge in [0.15, 0.2) is 0 Å². The van der Waals surface area contributed by atoms with E-state index >= 15 is 0 Å². The molecular weight excluding hydrogens is 344 g/mol. The smallest absolute Gasteiger partial charge is 0.243 e. The molecular formula is C18H31ClN2O2S. The van der Waals surface area contributed by atoms with Crippen molar-refractivity contribution < 1.29 is 8.42 Å². The van der Waals surface area contributed by atoms with Crippen LogP contribution in [-0.2, 0) is 16.4 Å². The Hall–Kier alpha value is -0.620. The third-order valence-corrected chi connectivity index (χ3v) is 6.30. The normalized spacial score (nSPS) is 16.4. The van der Waals surface area contributed by atoms with Gasteiger partial charge in [0.2, 0.25) is 10.0 Å². The van der Waals surface area contributed by atoms with Crippen molar-refractivity contribution in [1.82, 2.24) is 9.62 Å². The van der Waals surface area contributed by atoms with Gasteiger partial charge < -0.3 is 5.32 Å². The summed E-state index contributed by atoms with van der Waals surface area (Å²) < 4.78 is 27.8. The molecule has 0 aliphatic carbocycles. The molecule has 1 fully saturated rings. The van der Waals surface area contributed by atoms with Gasteiger partial charge in [-0.05, 0) is 62.4 Å². The maximum absolute atomic E-state index is 13.1. The van der Waals surface area contributed by atoms with Crippen LogP contribution in [0.15, 0.2) is 29.2 Å². The lowest BCUT2D eigenvalue weighted by Crippen LogP contribution is -2.46. The molecule has 1 aromatic carbocycles. The highest BCUT2D eigenvalue weighted by Crippen LogP contribution is 2.23. The number of nitrogens with one attached hydrogen (secondary N) is 1. The van der Waals surface area contributed by atoms with E-state index in [9.17, 15) is 8.42 Å². The van der Waals surface area contributed by atoms with Gasteiger partial charge in [0.1, 0.15) is 0 Å². The standard InChI is InChI=1S/C18H30N2O2S.ClH/c1-4-13-20(17-9-11-19-12-10-17)23(21,22)18-7-5-16(6-8-18)14-15(2)3;/h5-8,15,17,19H,4,9-14H2,1-3H3;1H. The van der Waals surface area contributed by atoms with Gasteiger partial charge in [-0.15, -0.1) is 12.4 Å². The second-order valence-electron chi connectivity index (χ2n) is 6.84. The minimum absolute atomic E-state index is 0. The predicted molar refractivity (Wildman–Crippen MR) is 102 cm³/mol. The summed E-state index contributed by atoms with van der Waals surface area (Å²) in [5.41, 5.74) is 1.20. The summed E-state index contributed by atoms with van der Waals surface area (Å²) in [7, 11) is -3.40. The highest BCUT2D eigenvalue weighted by molar-refractivity contribution is 7.89. The zero-order chi connectivity index (χ0) is 16.9. The number of hydrogen-bond acceptors (Lipinski definition) is 3. The Morgan fingerprint density at radius 2 is 1.75 bits per heavy atom. The van der Waals surface area contributed by atoms with Gasteiger partial charge >= 0.3 is 0 Å². The van der Waals surface area contributed by atoms with Gasteiger partial charge in [0, 0.05) is 12.6 Å². The quantitative estimate of drug-likeness (QED) is 0.795. The Bertz CT molecular complexity index is 582. The number of halogens is 1. The first-order valence-corrected chi connectivity index (χ1v) is 10.2. The molecule has 2 rings (SSSR count). The minimum atomic E-state index is -3.40. The first-order valence-electron chi connectivity index (χ1n) is 8.76. The van der Waals surface area contributed by atoms with Crippen LogP contribution in [0.1, 0.15) is 45.6 Å². The molecule has 0 saturated carbocycles. The zero-order valence-electron chi connectivity index (χ0n) is 15.0. The fourth-order valence-corrected chi connectivity index (χ4v) is 5.00. The lowest BCUT2D eigenvalue weighted by Gasteiger charge is -2.33. The number of piperidine rings is 1. The predicted octanol–water partition coefficient (Wildman–Crippen LogP) is 3.46. The molecule has 1 aliphatic rings. The largest absolute Gasteiger partial charge is 0.317 e. The second kappa shape index (κ2) is 9.76. The zero-order valence-corrected chi connectivity index (χ0v) is 16.6. The van der Waals surface area contributed by atoms with Gasteiger partial charge in [0.05, 0.1) is 4.90 Å². The van der Waals surface area contributed by atoms with E-state index in [1.165, 1.54) is 5.56 Å². The highest BCUT2D eigenvalue weighted by Gasteiger charge is 2.31. The molecule has 138 valence electrons. The summed E-state index contributed by atoms with van der Waals surface area (Å²) in [5, 5.41) is 3.31. The Morgan fingerprint density at radius 1 is 1.17 bits per heavy atom. The van der Waals surface area contributed by atoms with Crippen LogP contribution in [0, 0.1) is 5.92 Å². The molecule has 0 spiro atoms. The lowest BCUT2D eigenvalue weighted by molar-refractivity contribution is 0.262. The maximum atomic E-state index is 13.1. The van der Waals surface area contributed by atoms with Gasteiger partial charge in [-0.1, -0.05) is 32.9 Å². The first-order chi connectivity index (χ1) is 10.9. The van der Waals surface area contributed by atoms with Crippen LogP contribution in [0.5, 0.6) is 0 Å². The maximum Gasteiger partial charge on any atom is 0.243 e. The fraction of sp³-hybridized carbons (Fsp3) is 0.667. The number of rotatable bonds is 7. The van der Waals surface area contributed by atoms with Gasteiger partial charge in [-0.2, -0.15) is 4.31 Å². The van der Waals surface area contributed by atoms with E-state index in [1.807, 2.05) is 19.1 Å². The molecule has 1 heterocycles. The molecule has 4 nitrogen and oxygen atoms in total. The van der Waals surface area contributed by atoms with Crippen LogP contribution >= 0.6 is 12.4 Å². The Morgan fingerprint density at radius 3 is 2.25 bits per heavy atom. The first kappa shape index (κ1) is 21.4. The van der Waals surface area contributed by atoms with Crippen LogP contribution in [0.3, 0.4) is 0 Å². The minimum Gasteiger partial charge on any atom is -0.317 e. The van der Waals surface area contributed by atoms with Crippen molar-refractivity contribution in [3.05, 3.63) is 29.8 Å². The van der Waals surface area contributed by atoms with Gasteiger partial charge in [0.25, 0.3) is 0 Å².